The largest absolute Gasteiger partial charge is 0.433 e. The molecule has 0 aliphatic carbocycles. The Kier molecular flexibility index (Phi) is 7.86. The monoisotopic (exact) mass is 536 g/mol. The number of fused-ring (bicyclic) bond motifs is 1. The van der Waals surface area contributed by atoms with Crippen LogP contribution in [0.2, 0.25) is 5.02 Å². The van der Waals surface area contributed by atoms with E-state index in [0.29, 0.717) is 17.5 Å². The van der Waals surface area contributed by atoms with Gasteiger partial charge in [0, 0.05) is 38.7 Å². The highest BCUT2D eigenvalue weighted by atomic mass is 35.5. The van der Waals surface area contributed by atoms with Crippen LogP contribution in [0.5, 0.6) is 5.75 Å². The third-order valence-corrected chi connectivity index (χ3v) is 6.02. The lowest BCUT2D eigenvalue weighted by Gasteiger charge is -2.26. The molecule has 12 heteroatoms. The van der Waals surface area contributed by atoms with Gasteiger partial charge in [-0.15, -0.1) is 0 Å². The van der Waals surface area contributed by atoms with E-state index in [-0.39, 0.29) is 50.0 Å². The van der Waals surface area contributed by atoms with Crippen molar-refractivity contribution in [2.45, 2.75) is 45.5 Å². The van der Waals surface area contributed by atoms with Gasteiger partial charge in [-0.05, 0) is 41.8 Å². The maximum absolute atomic E-state index is 13.4. The van der Waals surface area contributed by atoms with Crippen molar-refractivity contribution in [2.75, 3.05) is 16.8 Å². The lowest BCUT2D eigenvalue weighted by molar-refractivity contribution is -0.159. The minimum absolute atomic E-state index is 0.00189. The molecule has 198 valence electrons. The highest BCUT2D eigenvalue weighted by Crippen LogP contribution is 2.33. The Morgan fingerprint density at radius 2 is 1.86 bits per heavy atom. The molecule has 9 nitrogen and oxygen atoms in total. The van der Waals surface area contributed by atoms with Crippen LogP contribution in [0, 0.1) is 0 Å². The van der Waals surface area contributed by atoms with Crippen molar-refractivity contribution >= 4 is 23.1 Å². The molecule has 1 aromatic heterocycles. The molecule has 37 heavy (non-hydrogen) atoms. The molecular weight excluding hydrogens is 510 g/mol. The Morgan fingerprint density at radius 1 is 1.14 bits per heavy atom. The molecule has 2 N–H and O–H groups in total. The number of benzene rings is 2. The number of hydrogen-bond donors (Lipinski definition) is 2. The van der Waals surface area contributed by atoms with Crippen LogP contribution in [0.15, 0.2) is 58.1 Å². The molecule has 0 bridgehead atoms. The Labute approximate surface area is 216 Å². The summed E-state index contributed by atoms with van der Waals surface area (Å²) in [5.41, 5.74) is 0.605. The zero-order valence-corrected chi connectivity index (χ0v) is 21.0. The lowest BCUT2D eigenvalue weighted by atomic mass is 10.2. The summed E-state index contributed by atoms with van der Waals surface area (Å²) in [7, 11) is 1.54. The number of rotatable bonds is 10. The Hall–Kier alpha value is -3.41. The number of ether oxygens (including phenoxy) is 2. The number of hydrogen-bond acceptors (Lipinski definition) is 7. The number of halogens is 3. The highest BCUT2D eigenvalue weighted by Gasteiger charge is 2.35. The fourth-order valence-corrected chi connectivity index (χ4v) is 4.20. The summed E-state index contributed by atoms with van der Waals surface area (Å²) >= 11 is 6.02. The molecule has 1 unspecified atom stereocenters. The standard InChI is InChI=1S/C25H27ClF2N4O5/c1-25(27,28)37-19-6-3-5-17(13-19)15-36-23-29-21-20(32(23)14-16-7-9-18(26)10-8-16)22(34)31(11-4-12-33)24(35)30(21)2/h3,5-10,13,23,29,33H,4,11-12,14-15H2,1-2H3. The molecule has 0 saturated carbocycles. The zero-order chi connectivity index (χ0) is 26.7. The van der Waals surface area contributed by atoms with Gasteiger partial charge < -0.3 is 24.8 Å². The van der Waals surface area contributed by atoms with Crippen molar-refractivity contribution in [1.29, 1.82) is 0 Å². The molecule has 1 aliphatic rings. The number of alkyl halides is 2. The van der Waals surface area contributed by atoms with E-state index in [0.717, 1.165) is 10.1 Å². The first-order valence-electron chi connectivity index (χ1n) is 11.6. The van der Waals surface area contributed by atoms with Gasteiger partial charge in [0.25, 0.3) is 5.56 Å². The Bertz CT molecular complexity index is 1370. The molecule has 1 atom stereocenters. The molecule has 0 spiro atoms. The molecule has 1 aliphatic heterocycles. The van der Waals surface area contributed by atoms with E-state index < -0.39 is 23.7 Å². The first-order chi connectivity index (χ1) is 17.6. The second-order valence-electron chi connectivity index (χ2n) is 8.69. The van der Waals surface area contributed by atoms with Gasteiger partial charge in [0.1, 0.15) is 17.3 Å². The van der Waals surface area contributed by atoms with Gasteiger partial charge in [-0.3, -0.25) is 13.9 Å². The van der Waals surface area contributed by atoms with Crippen LogP contribution < -0.4 is 26.2 Å². The number of aromatic nitrogens is 2. The SMILES string of the molecule is Cn1c2c(c(=O)n(CCCO)c1=O)N(Cc1ccc(Cl)cc1)C(OCc1cccc(OC(C)(F)F)c1)N2. The van der Waals surface area contributed by atoms with Crippen molar-refractivity contribution in [1.82, 2.24) is 9.13 Å². The first kappa shape index (κ1) is 26.6. The third kappa shape index (κ3) is 6.12. The maximum Gasteiger partial charge on any atom is 0.394 e. The van der Waals surface area contributed by atoms with E-state index in [2.05, 4.69) is 10.1 Å². The summed E-state index contributed by atoms with van der Waals surface area (Å²) in [5, 5.41) is 12.9. The summed E-state index contributed by atoms with van der Waals surface area (Å²) in [6, 6.07) is 13.2. The number of nitrogens with zero attached hydrogens (tertiary/aromatic N) is 3. The van der Waals surface area contributed by atoms with E-state index in [9.17, 15) is 23.5 Å². The number of aliphatic hydroxyl groups is 1. The summed E-state index contributed by atoms with van der Waals surface area (Å²) < 4.78 is 39.7. The molecule has 3 aromatic rings. The van der Waals surface area contributed by atoms with E-state index in [1.807, 2.05) is 12.1 Å². The predicted octanol–water partition coefficient (Wildman–Crippen LogP) is 3.51. The van der Waals surface area contributed by atoms with Gasteiger partial charge in [-0.2, -0.15) is 8.78 Å². The van der Waals surface area contributed by atoms with Crippen molar-refractivity contribution in [3.05, 3.63) is 85.5 Å². The number of nitrogens with one attached hydrogen (secondary N) is 1. The van der Waals surface area contributed by atoms with Crippen LogP contribution in [0.1, 0.15) is 24.5 Å². The molecule has 0 amide bonds. The minimum Gasteiger partial charge on any atom is -0.433 e. The van der Waals surface area contributed by atoms with Gasteiger partial charge in [0.15, 0.2) is 0 Å². The smallest absolute Gasteiger partial charge is 0.394 e. The second-order valence-corrected chi connectivity index (χ2v) is 9.13. The Morgan fingerprint density at radius 3 is 2.54 bits per heavy atom. The lowest BCUT2D eigenvalue weighted by Crippen LogP contribution is -2.42. The van der Waals surface area contributed by atoms with E-state index >= 15 is 0 Å². The molecule has 4 rings (SSSR count). The van der Waals surface area contributed by atoms with Gasteiger partial charge >= 0.3 is 11.8 Å². The summed E-state index contributed by atoms with van der Waals surface area (Å²) in [6.45, 7) is 0.798. The molecule has 2 aromatic carbocycles. The van der Waals surface area contributed by atoms with Crippen LogP contribution in [-0.4, -0.2) is 33.3 Å². The molecule has 0 fully saturated rings. The summed E-state index contributed by atoms with van der Waals surface area (Å²) in [4.78, 5) is 28.0. The van der Waals surface area contributed by atoms with Gasteiger partial charge in [0.05, 0.1) is 6.61 Å². The van der Waals surface area contributed by atoms with Crippen LogP contribution in [0.25, 0.3) is 0 Å². The molecule has 0 saturated heterocycles. The van der Waals surface area contributed by atoms with Crippen LogP contribution in [-0.2, 0) is 31.5 Å². The highest BCUT2D eigenvalue weighted by molar-refractivity contribution is 6.30. The van der Waals surface area contributed by atoms with E-state index in [4.69, 9.17) is 16.3 Å². The average Bonchev–Trinajstić information content (AvgIpc) is 3.20. The first-order valence-corrected chi connectivity index (χ1v) is 11.9. The van der Waals surface area contributed by atoms with Crippen LogP contribution in [0.4, 0.5) is 20.3 Å². The maximum atomic E-state index is 13.4. The molecule has 2 heterocycles. The molecular formula is C25H27ClF2N4O5. The number of aliphatic hydroxyl groups excluding tert-OH is 1. The molecule has 0 radical (unpaired) electrons. The van der Waals surface area contributed by atoms with Crippen molar-refractivity contribution in [3.8, 4) is 5.75 Å². The zero-order valence-electron chi connectivity index (χ0n) is 20.3. The normalized spacial score (nSPS) is 15.0. The van der Waals surface area contributed by atoms with Gasteiger partial charge in [0.2, 0.25) is 6.35 Å². The fourth-order valence-electron chi connectivity index (χ4n) is 4.07. The summed E-state index contributed by atoms with van der Waals surface area (Å²) in [6.07, 6.45) is -3.94. The van der Waals surface area contributed by atoms with E-state index in [1.165, 1.54) is 23.7 Å². The van der Waals surface area contributed by atoms with Crippen molar-refractivity contribution in [3.63, 3.8) is 0 Å². The predicted molar refractivity (Wildman–Crippen MR) is 135 cm³/mol. The summed E-state index contributed by atoms with van der Waals surface area (Å²) in [5.74, 6) is 0.278. The topological polar surface area (TPSA) is 98.0 Å². The average molecular weight is 537 g/mol. The minimum atomic E-state index is -3.33. The second kappa shape index (κ2) is 10.9. The third-order valence-electron chi connectivity index (χ3n) is 5.77. The fraction of sp³-hybridized carbons (Fsp3) is 0.360. The van der Waals surface area contributed by atoms with Crippen molar-refractivity contribution < 1.29 is 23.4 Å². The number of anilines is 2. The quantitative estimate of drug-likeness (QED) is 0.409. The van der Waals surface area contributed by atoms with Crippen LogP contribution in [0.3, 0.4) is 0 Å². The van der Waals surface area contributed by atoms with Crippen LogP contribution >= 0.6 is 11.6 Å². The van der Waals surface area contributed by atoms with Crippen molar-refractivity contribution in [2.24, 2.45) is 7.05 Å². The van der Waals surface area contributed by atoms with E-state index in [1.54, 1.807) is 29.2 Å². The van der Waals surface area contributed by atoms with Gasteiger partial charge in [-0.25, -0.2) is 4.79 Å². The Balaban J connectivity index is 1.66. The van der Waals surface area contributed by atoms with Gasteiger partial charge in [-0.1, -0.05) is 35.9 Å².